The number of pyridine rings is 2. The van der Waals surface area contributed by atoms with E-state index < -0.39 is 5.97 Å². The molecule has 0 aliphatic heterocycles. The summed E-state index contributed by atoms with van der Waals surface area (Å²) >= 11 is 4.70. The molecule has 2 heterocycles. The van der Waals surface area contributed by atoms with Gasteiger partial charge < -0.3 is 5.11 Å². The lowest BCUT2D eigenvalue weighted by Gasteiger charge is -2.10. The van der Waals surface area contributed by atoms with Crippen molar-refractivity contribution in [3.05, 3.63) is 45.2 Å². The van der Waals surface area contributed by atoms with Gasteiger partial charge in [0, 0.05) is 11.9 Å². The Labute approximate surface area is 129 Å². The summed E-state index contributed by atoms with van der Waals surface area (Å²) < 4.78 is 0.833. The van der Waals surface area contributed by atoms with Gasteiger partial charge in [-0.1, -0.05) is 0 Å². The highest BCUT2D eigenvalue weighted by molar-refractivity contribution is 9.10. The number of carboxylic acid groups (broad SMARTS) is 1. The van der Waals surface area contributed by atoms with Gasteiger partial charge in [0.15, 0.2) is 0 Å². The number of nitrogens with zero attached hydrogens (tertiary/aromatic N) is 2. The molecule has 0 amide bonds. The first-order chi connectivity index (χ1) is 9.38. The van der Waals surface area contributed by atoms with Crippen molar-refractivity contribution in [2.45, 2.75) is 30.8 Å². The molecule has 4 nitrogen and oxygen atoms in total. The van der Waals surface area contributed by atoms with Crippen LogP contribution in [0.5, 0.6) is 0 Å². The Morgan fingerprint density at radius 3 is 2.55 bits per heavy atom. The Bertz CT molecular complexity index is 689. The second kappa shape index (κ2) is 5.93. The Morgan fingerprint density at radius 1 is 1.25 bits per heavy atom. The number of hydrogen-bond donors (Lipinski definition) is 1. The van der Waals surface area contributed by atoms with Gasteiger partial charge >= 0.3 is 5.97 Å². The van der Waals surface area contributed by atoms with E-state index in [0.29, 0.717) is 15.6 Å². The quantitative estimate of drug-likeness (QED) is 0.903. The summed E-state index contributed by atoms with van der Waals surface area (Å²) in [7, 11) is 0. The molecule has 2 aromatic rings. The summed E-state index contributed by atoms with van der Waals surface area (Å²) in [6.07, 6.45) is 1.75. The van der Waals surface area contributed by atoms with E-state index in [-0.39, 0.29) is 5.56 Å². The molecule has 0 saturated heterocycles. The summed E-state index contributed by atoms with van der Waals surface area (Å²) in [4.78, 5) is 20.0. The summed E-state index contributed by atoms with van der Waals surface area (Å²) in [5, 5.41) is 10.5. The van der Waals surface area contributed by atoms with Crippen LogP contribution in [0.1, 0.15) is 27.2 Å². The number of hydrogen-bond acceptors (Lipinski definition) is 4. The standard InChI is InChI=1S/C14H13BrN2O2S/c1-7-4-10(15)12(16-6-7)20-13-11(14(18)19)8(2)5-9(3)17-13/h4-6H,1-3H3,(H,18,19). The minimum atomic E-state index is -0.972. The molecule has 20 heavy (non-hydrogen) atoms. The molecule has 0 bridgehead atoms. The van der Waals surface area contributed by atoms with Crippen LogP contribution in [0.4, 0.5) is 0 Å². The summed E-state index contributed by atoms with van der Waals surface area (Å²) in [6.45, 7) is 5.57. The highest BCUT2D eigenvalue weighted by Crippen LogP contribution is 2.34. The van der Waals surface area contributed by atoms with Crippen LogP contribution < -0.4 is 0 Å². The van der Waals surface area contributed by atoms with E-state index in [9.17, 15) is 9.90 Å². The van der Waals surface area contributed by atoms with E-state index in [1.54, 1.807) is 19.2 Å². The van der Waals surface area contributed by atoms with Gasteiger partial charge in [0.1, 0.15) is 10.1 Å². The molecule has 2 rings (SSSR count). The van der Waals surface area contributed by atoms with E-state index in [1.807, 2.05) is 19.9 Å². The van der Waals surface area contributed by atoms with Crippen LogP contribution in [0.15, 0.2) is 32.9 Å². The van der Waals surface area contributed by atoms with Crippen LogP contribution in [0, 0.1) is 20.8 Å². The van der Waals surface area contributed by atoms with Crippen molar-refractivity contribution in [1.29, 1.82) is 0 Å². The molecule has 0 aromatic carbocycles. The van der Waals surface area contributed by atoms with Crippen LogP contribution in [-0.2, 0) is 0 Å². The Hall–Kier alpha value is -1.40. The molecule has 0 aliphatic carbocycles. The zero-order valence-corrected chi connectivity index (χ0v) is 13.7. The van der Waals surface area contributed by atoms with Crippen molar-refractivity contribution in [1.82, 2.24) is 9.97 Å². The third kappa shape index (κ3) is 3.19. The fourth-order valence-corrected chi connectivity index (χ4v) is 3.52. The van der Waals surface area contributed by atoms with Gasteiger partial charge in [-0.05, 0) is 71.7 Å². The second-order valence-electron chi connectivity index (χ2n) is 4.47. The van der Waals surface area contributed by atoms with Crippen LogP contribution in [0.25, 0.3) is 0 Å². The fourth-order valence-electron chi connectivity index (χ4n) is 1.82. The first-order valence-electron chi connectivity index (χ1n) is 5.90. The number of halogens is 1. The third-order valence-electron chi connectivity index (χ3n) is 2.66. The van der Waals surface area contributed by atoms with Crippen molar-refractivity contribution in [3.8, 4) is 0 Å². The average Bonchev–Trinajstić information content (AvgIpc) is 2.31. The van der Waals surface area contributed by atoms with E-state index >= 15 is 0 Å². The molecular formula is C14H13BrN2O2S. The molecule has 0 saturated carbocycles. The minimum Gasteiger partial charge on any atom is -0.478 e. The molecular weight excluding hydrogens is 340 g/mol. The maximum atomic E-state index is 11.4. The van der Waals surface area contributed by atoms with Crippen molar-refractivity contribution in [2.75, 3.05) is 0 Å². The number of carboxylic acids is 1. The third-order valence-corrected chi connectivity index (χ3v) is 4.54. The largest absolute Gasteiger partial charge is 0.478 e. The van der Waals surface area contributed by atoms with Gasteiger partial charge in [-0.2, -0.15) is 0 Å². The van der Waals surface area contributed by atoms with Crippen LogP contribution >= 0.6 is 27.7 Å². The maximum absolute atomic E-state index is 11.4. The Balaban J connectivity index is 2.50. The number of aromatic nitrogens is 2. The van der Waals surface area contributed by atoms with Crippen molar-refractivity contribution >= 4 is 33.7 Å². The second-order valence-corrected chi connectivity index (χ2v) is 6.30. The van der Waals surface area contributed by atoms with Gasteiger partial charge in [-0.3, -0.25) is 0 Å². The molecule has 0 unspecified atom stereocenters. The molecule has 0 atom stereocenters. The smallest absolute Gasteiger partial charge is 0.338 e. The average molecular weight is 353 g/mol. The van der Waals surface area contributed by atoms with Gasteiger partial charge in [0.25, 0.3) is 0 Å². The van der Waals surface area contributed by atoms with Crippen molar-refractivity contribution in [2.24, 2.45) is 0 Å². The molecule has 0 spiro atoms. The number of aromatic carboxylic acids is 1. The lowest BCUT2D eigenvalue weighted by atomic mass is 10.1. The molecule has 104 valence electrons. The minimum absolute atomic E-state index is 0.231. The number of rotatable bonds is 3. The summed E-state index contributed by atoms with van der Waals surface area (Å²) in [6, 6.07) is 3.71. The zero-order chi connectivity index (χ0) is 14.9. The molecule has 0 radical (unpaired) electrons. The van der Waals surface area contributed by atoms with Crippen LogP contribution in [0.2, 0.25) is 0 Å². The van der Waals surface area contributed by atoms with E-state index in [0.717, 1.165) is 15.7 Å². The molecule has 0 fully saturated rings. The van der Waals surface area contributed by atoms with Gasteiger partial charge in [-0.15, -0.1) is 0 Å². The Morgan fingerprint density at radius 2 is 1.95 bits per heavy atom. The highest BCUT2D eigenvalue weighted by Gasteiger charge is 2.18. The van der Waals surface area contributed by atoms with Crippen molar-refractivity contribution in [3.63, 3.8) is 0 Å². The fraction of sp³-hybridized carbons (Fsp3) is 0.214. The van der Waals surface area contributed by atoms with Crippen LogP contribution in [0.3, 0.4) is 0 Å². The van der Waals surface area contributed by atoms with Gasteiger partial charge in [0.2, 0.25) is 0 Å². The summed E-state index contributed by atoms with van der Waals surface area (Å²) in [5.74, 6) is -0.972. The predicted molar refractivity (Wildman–Crippen MR) is 81.5 cm³/mol. The predicted octanol–water partition coefficient (Wildman–Crippen LogP) is 4.01. The van der Waals surface area contributed by atoms with E-state index in [2.05, 4.69) is 25.9 Å². The SMILES string of the molecule is Cc1cnc(Sc2nc(C)cc(C)c2C(=O)O)c(Br)c1. The normalized spacial score (nSPS) is 10.6. The zero-order valence-electron chi connectivity index (χ0n) is 11.3. The molecule has 2 aromatic heterocycles. The first-order valence-corrected chi connectivity index (χ1v) is 7.51. The van der Waals surface area contributed by atoms with Gasteiger partial charge in [-0.25, -0.2) is 14.8 Å². The number of aryl methyl sites for hydroxylation is 3. The van der Waals surface area contributed by atoms with E-state index in [1.165, 1.54) is 11.8 Å². The topological polar surface area (TPSA) is 63.1 Å². The van der Waals surface area contributed by atoms with Gasteiger partial charge in [0.05, 0.1) is 10.0 Å². The maximum Gasteiger partial charge on any atom is 0.338 e. The van der Waals surface area contributed by atoms with Crippen molar-refractivity contribution < 1.29 is 9.90 Å². The van der Waals surface area contributed by atoms with E-state index in [4.69, 9.17) is 0 Å². The van der Waals surface area contributed by atoms with Crippen LogP contribution in [-0.4, -0.2) is 21.0 Å². The monoisotopic (exact) mass is 352 g/mol. The number of carbonyl (C=O) groups is 1. The lowest BCUT2D eigenvalue weighted by molar-refractivity contribution is 0.0691. The summed E-state index contributed by atoms with van der Waals surface area (Å²) in [5.41, 5.74) is 2.76. The first kappa shape index (κ1) is 15.0. The molecule has 0 aliphatic rings. The molecule has 6 heteroatoms. The molecule has 1 N–H and O–H groups in total. The highest BCUT2D eigenvalue weighted by atomic mass is 79.9. The Kier molecular flexibility index (Phi) is 4.45. The lowest BCUT2D eigenvalue weighted by Crippen LogP contribution is -2.05.